The molecule has 8 heteroatoms. The Hall–Kier alpha value is -3.36. The maximum Gasteiger partial charge on any atom is 0.237 e. The van der Waals surface area contributed by atoms with Gasteiger partial charge in [-0.15, -0.1) is 10.2 Å². The highest BCUT2D eigenvalue weighted by atomic mass is 32.2. The average molecular weight is 461 g/mol. The quantitative estimate of drug-likeness (QED) is 0.418. The number of rotatable bonds is 7. The second kappa shape index (κ2) is 9.25. The number of amides is 1. The number of ether oxygens (including phenoxy) is 1. The minimum absolute atomic E-state index is 0.0429. The Bertz CT molecular complexity index is 1320. The van der Waals surface area contributed by atoms with E-state index < -0.39 is 0 Å². The Balaban J connectivity index is 1.41. The largest absolute Gasteiger partial charge is 0.507 e. The number of methoxy groups -OCH3 is 1. The number of anilines is 1. The third-order valence-electron chi connectivity index (χ3n) is 5.85. The molecule has 2 heterocycles. The van der Waals surface area contributed by atoms with Crippen molar-refractivity contribution in [2.24, 2.45) is 0 Å². The van der Waals surface area contributed by atoms with Gasteiger partial charge in [0.15, 0.2) is 11.0 Å². The fourth-order valence-corrected chi connectivity index (χ4v) is 5.03. The first kappa shape index (κ1) is 21.5. The van der Waals surface area contributed by atoms with Crippen LogP contribution in [-0.2, 0) is 22.5 Å². The predicted molar refractivity (Wildman–Crippen MR) is 130 cm³/mol. The molecule has 0 unspecified atom stereocenters. The predicted octanol–water partition coefficient (Wildman–Crippen LogP) is 4.13. The molecule has 1 aliphatic heterocycles. The molecule has 0 spiro atoms. The molecule has 1 N–H and O–H groups in total. The lowest BCUT2D eigenvalue weighted by Crippen LogP contribution is -2.30. The van der Waals surface area contributed by atoms with Crippen molar-refractivity contribution in [3.8, 4) is 17.1 Å². The van der Waals surface area contributed by atoms with Gasteiger partial charge in [-0.2, -0.15) is 0 Å². The molecule has 0 radical (unpaired) electrons. The van der Waals surface area contributed by atoms with Gasteiger partial charge in [-0.1, -0.05) is 54.2 Å². The van der Waals surface area contributed by atoms with Crippen LogP contribution in [0.3, 0.4) is 0 Å². The van der Waals surface area contributed by atoms with Crippen LogP contribution in [0.1, 0.15) is 5.56 Å². The van der Waals surface area contributed by atoms with Crippen molar-refractivity contribution in [3.63, 3.8) is 0 Å². The van der Waals surface area contributed by atoms with Gasteiger partial charge in [-0.3, -0.25) is 9.36 Å². The van der Waals surface area contributed by atoms with Crippen molar-refractivity contribution >= 4 is 34.1 Å². The van der Waals surface area contributed by atoms with Crippen LogP contribution in [0.15, 0.2) is 65.8 Å². The molecule has 0 fully saturated rings. The van der Waals surface area contributed by atoms with E-state index in [1.54, 1.807) is 13.2 Å². The molecule has 1 aliphatic rings. The van der Waals surface area contributed by atoms with Gasteiger partial charge in [-0.25, -0.2) is 0 Å². The molecule has 7 nitrogen and oxygen atoms in total. The van der Waals surface area contributed by atoms with Gasteiger partial charge in [0, 0.05) is 19.3 Å². The second-order valence-electron chi connectivity index (χ2n) is 7.88. The Morgan fingerprint density at radius 1 is 1.09 bits per heavy atom. The van der Waals surface area contributed by atoms with Crippen molar-refractivity contribution in [1.82, 2.24) is 14.8 Å². The lowest BCUT2D eigenvalue weighted by atomic mass is 10.1. The summed E-state index contributed by atoms with van der Waals surface area (Å²) in [5.41, 5.74) is 2.79. The van der Waals surface area contributed by atoms with Gasteiger partial charge >= 0.3 is 0 Å². The van der Waals surface area contributed by atoms with E-state index in [1.165, 1.54) is 17.3 Å². The molecule has 0 aliphatic carbocycles. The standard InChI is InChI=1S/C25H24N4O3S/c1-32-13-12-29-24(20-14-18-7-2-3-8-19(18)15-22(20)30)26-27-25(29)33-16-23(31)28-11-10-17-6-4-5-9-21(17)28/h2-9,14-15,30H,10-13,16H2,1H3. The summed E-state index contributed by atoms with van der Waals surface area (Å²) in [7, 11) is 1.64. The number of aromatic hydroxyl groups is 1. The monoisotopic (exact) mass is 460 g/mol. The molecule has 0 saturated carbocycles. The van der Waals surface area contributed by atoms with Gasteiger partial charge in [-0.05, 0) is 41.0 Å². The molecule has 3 aromatic carbocycles. The Morgan fingerprint density at radius 2 is 1.85 bits per heavy atom. The van der Waals surface area contributed by atoms with Crippen LogP contribution < -0.4 is 4.90 Å². The summed E-state index contributed by atoms with van der Waals surface area (Å²) in [5.74, 6) is 0.988. The topological polar surface area (TPSA) is 80.5 Å². The second-order valence-corrected chi connectivity index (χ2v) is 8.82. The number of thioether (sulfide) groups is 1. The highest BCUT2D eigenvalue weighted by Gasteiger charge is 2.25. The number of nitrogens with zero attached hydrogens (tertiary/aromatic N) is 4. The van der Waals surface area contributed by atoms with Crippen LogP contribution in [0, 0.1) is 0 Å². The number of carbonyl (C=O) groups excluding carboxylic acids is 1. The van der Waals surface area contributed by atoms with Crippen LogP contribution in [0.4, 0.5) is 5.69 Å². The number of hydrogen-bond donors (Lipinski definition) is 1. The Kier molecular flexibility index (Phi) is 6.02. The first-order chi connectivity index (χ1) is 16.2. The third-order valence-corrected chi connectivity index (χ3v) is 6.81. The molecule has 4 aromatic rings. The smallest absolute Gasteiger partial charge is 0.237 e. The van der Waals surface area contributed by atoms with E-state index in [1.807, 2.05) is 58.0 Å². The normalized spacial score (nSPS) is 12.9. The summed E-state index contributed by atoms with van der Waals surface area (Å²) >= 11 is 1.35. The number of phenolic OH excluding ortho intramolecular Hbond substituents is 1. The minimum atomic E-state index is 0.0429. The van der Waals surface area contributed by atoms with Crippen molar-refractivity contribution in [2.75, 3.05) is 30.9 Å². The van der Waals surface area contributed by atoms with Crippen molar-refractivity contribution in [3.05, 3.63) is 66.2 Å². The van der Waals surface area contributed by atoms with Crippen molar-refractivity contribution in [2.45, 2.75) is 18.1 Å². The fraction of sp³-hybridized carbons (Fsp3) is 0.240. The fourth-order valence-electron chi connectivity index (χ4n) is 4.19. The first-order valence-corrected chi connectivity index (χ1v) is 11.8. The van der Waals surface area contributed by atoms with Crippen LogP contribution in [-0.4, -0.2) is 51.8 Å². The zero-order valence-corrected chi connectivity index (χ0v) is 19.1. The summed E-state index contributed by atoms with van der Waals surface area (Å²) < 4.78 is 7.19. The lowest BCUT2D eigenvalue weighted by molar-refractivity contribution is -0.116. The van der Waals surface area contributed by atoms with E-state index in [0.29, 0.717) is 36.2 Å². The number of para-hydroxylation sites is 1. The minimum Gasteiger partial charge on any atom is -0.507 e. The maximum absolute atomic E-state index is 13.0. The highest BCUT2D eigenvalue weighted by molar-refractivity contribution is 7.99. The molecule has 0 atom stereocenters. The molecule has 1 amide bonds. The number of hydrogen-bond acceptors (Lipinski definition) is 6. The lowest BCUT2D eigenvalue weighted by Gasteiger charge is -2.17. The van der Waals surface area contributed by atoms with Gasteiger partial charge in [0.2, 0.25) is 5.91 Å². The summed E-state index contributed by atoms with van der Waals surface area (Å²) in [6.07, 6.45) is 0.877. The van der Waals surface area contributed by atoms with Gasteiger partial charge in [0.25, 0.3) is 0 Å². The summed E-state index contributed by atoms with van der Waals surface area (Å²) in [4.78, 5) is 14.8. The van der Waals surface area contributed by atoms with Crippen LogP contribution >= 0.6 is 11.8 Å². The molecular weight excluding hydrogens is 436 g/mol. The van der Waals surface area contributed by atoms with E-state index in [9.17, 15) is 9.90 Å². The third kappa shape index (κ3) is 4.19. The highest BCUT2D eigenvalue weighted by Crippen LogP contribution is 2.34. The van der Waals surface area contributed by atoms with E-state index in [0.717, 1.165) is 22.9 Å². The van der Waals surface area contributed by atoms with E-state index in [-0.39, 0.29) is 17.4 Å². The van der Waals surface area contributed by atoms with E-state index in [4.69, 9.17) is 4.74 Å². The number of phenols is 1. The molecule has 33 heavy (non-hydrogen) atoms. The van der Waals surface area contributed by atoms with E-state index >= 15 is 0 Å². The van der Waals surface area contributed by atoms with Crippen molar-refractivity contribution in [1.29, 1.82) is 0 Å². The first-order valence-electron chi connectivity index (χ1n) is 10.8. The number of fused-ring (bicyclic) bond motifs is 2. The van der Waals surface area contributed by atoms with Gasteiger partial charge < -0.3 is 14.7 Å². The summed E-state index contributed by atoms with van der Waals surface area (Å²) in [5, 5.41) is 22.0. The number of aromatic nitrogens is 3. The molecule has 0 bridgehead atoms. The number of carbonyl (C=O) groups is 1. The number of benzene rings is 3. The maximum atomic E-state index is 13.0. The molecule has 1 aromatic heterocycles. The molecule has 168 valence electrons. The van der Waals surface area contributed by atoms with Crippen LogP contribution in [0.5, 0.6) is 5.75 Å². The molecule has 0 saturated heterocycles. The van der Waals surface area contributed by atoms with Gasteiger partial charge in [0.05, 0.1) is 24.5 Å². The zero-order valence-electron chi connectivity index (χ0n) is 18.3. The van der Waals surface area contributed by atoms with E-state index in [2.05, 4.69) is 16.3 Å². The van der Waals surface area contributed by atoms with Crippen molar-refractivity contribution < 1.29 is 14.6 Å². The molecular formula is C25H24N4O3S. The SMILES string of the molecule is COCCn1c(SCC(=O)N2CCc3ccccc32)nnc1-c1cc2ccccc2cc1O. The molecule has 5 rings (SSSR count). The van der Waals surface area contributed by atoms with Crippen LogP contribution in [0.25, 0.3) is 22.2 Å². The average Bonchev–Trinajstić information content (AvgIpc) is 3.45. The summed E-state index contributed by atoms with van der Waals surface area (Å²) in [6.45, 7) is 1.67. The Morgan fingerprint density at radius 3 is 2.67 bits per heavy atom. The Labute approximate surface area is 196 Å². The summed E-state index contributed by atoms with van der Waals surface area (Å²) in [6, 6.07) is 19.5. The van der Waals surface area contributed by atoms with Gasteiger partial charge in [0.1, 0.15) is 5.75 Å². The zero-order chi connectivity index (χ0) is 22.8. The van der Waals surface area contributed by atoms with Crippen LogP contribution in [0.2, 0.25) is 0 Å².